The van der Waals surface area contributed by atoms with Gasteiger partial charge in [0.2, 0.25) is 0 Å². The van der Waals surface area contributed by atoms with Crippen molar-refractivity contribution < 1.29 is 0 Å². The van der Waals surface area contributed by atoms with E-state index in [1.165, 1.54) is 25.7 Å². The molecule has 0 spiro atoms. The standard InChI is InChI=1S/C14H32N4/c1-11(15)7-17-9-13-5-3-4-6-14(13)10-18-8-12(2)16/h11-14,17-18H,3-10,15-16H2,1-2H3. The zero-order valence-corrected chi connectivity index (χ0v) is 12.1. The van der Waals surface area contributed by atoms with Crippen molar-refractivity contribution in [3.8, 4) is 0 Å². The van der Waals surface area contributed by atoms with Gasteiger partial charge in [0.1, 0.15) is 0 Å². The second kappa shape index (κ2) is 8.86. The Morgan fingerprint density at radius 1 is 0.889 bits per heavy atom. The fourth-order valence-corrected chi connectivity index (χ4v) is 2.81. The first kappa shape index (κ1) is 15.9. The molecule has 18 heavy (non-hydrogen) atoms. The van der Waals surface area contributed by atoms with E-state index >= 15 is 0 Å². The summed E-state index contributed by atoms with van der Waals surface area (Å²) in [7, 11) is 0. The molecule has 6 N–H and O–H groups in total. The van der Waals surface area contributed by atoms with Gasteiger partial charge < -0.3 is 22.1 Å². The summed E-state index contributed by atoms with van der Waals surface area (Å²) in [6, 6.07) is 0.506. The van der Waals surface area contributed by atoms with Crippen LogP contribution < -0.4 is 22.1 Å². The molecule has 108 valence electrons. The Hall–Kier alpha value is -0.160. The van der Waals surface area contributed by atoms with Crippen LogP contribution in [0.3, 0.4) is 0 Å². The van der Waals surface area contributed by atoms with Crippen molar-refractivity contribution in [3.05, 3.63) is 0 Å². The van der Waals surface area contributed by atoms with E-state index < -0.39 is 0 Å². The average Bonchev–Trinajstić information content (AvgIpc) is 2.30. The van der Waals surface area contributed by atoms with Gasteiger partial charge >= 0.3 is 0 Å². The molecule has 4 unspecified atom stereocenters. The molecular weight excluding hydrogens is 224 g/mol. The zero-order valence-electron chi connectivity index (χ0n) is 12.1. The summed E-state index contributed by atoms with van der Waals surface area (Å²) in [5.41, 5.74) is 11.5. The van der Waals surface area contributed by atoms with E-state index in [9.17, 15) is 0 Å². The zero-order chi connectivity index (χ0) is 13.4. The van der Waals surface area contributed by atoms with Crippen LogP contribution in [0.5, 0.6) is 0 Å². The highest BCUT2D eigenvalue weighted by Gasteiger charge is 2.24. The molecule has 0 heterocycles. The number of hydrogen-bond donors (Lipinski definition) is 4. The first-order valence-corrected chi connectivity index (χ1v) is 7.52. The predicted octanol–water partition coefficient (Wildman–Crippen LogP) is 0.666. The van der Waals surface area contributed by atoms with Crippen LogP contribution in [0.15, 0.2) is 0 Å². The van der Waals surface area contributed by atoms with Crippen LogP contribution in [0, 0.1) is 11.8 Å². The third kappa shape index (κ3) is 6.69. The van der Waals surface area contributed by atoms with Crippen molar-refractivity contribution in [3.63, 3.8) is 0 Å². The average molecular weight is 256 g/mol. The molecule has 0 bridgehead atoms. The van der Waals surface area contributed by atoms with E-state index in [1.54, 1.807) is 0 Å². The van der Waals surface area contributed by atoms with Gasteiger partial charge in [-0.3, -0.25) is 0 Å². The molecule has 4 atom stereocenters. The van der Waals surface area contributed by atoms with Crippen LogP contribution in [-0.4, -0.2) is 38.3 Å². The molecule has 0 aromatic rings. The largest absolute Gasteiger partial charge is 0.327 e. The molecule has 4 heteroatoms. The molecule has 1 aliphatic rings. The van der Waals surface area contributed by atoms with Crippen LogP contribution in [0.1, 0.15) is 39.5 Å². The highest BCUT2D eigenvalue weighted by Crippen LogP contribution is 2.29. The third-order valence-corrected chi connectivity index (χ3v) is 3.81. The number of rotatable bonds is 8. The lowest BCUT2D eigenvalue weighted by atomic mass is 9.79. The van der Waals surface area contributed by atoms with Gasteiger partial charge in [-0.25, -0.2) is 0 Å². The van der Waals surface area contributed by atoms with Crippen molar-refractivity contribution in [1.82, 2.24) is 10.6 Å². The minimum absolute atomic E-state index is 0.253. The minimum atomic E-state index is 0.253. The predicted molar refractivity (Wildman–Crippen MR) is 78.5 cm³/mol. The molecule has 0 saturated heterocycles. The summed E-state index contributed by atoms with van der Waals surface area (Å²) < 4.78 is 0. The highest BCUT2D eigenvalue weighted by molar-refractivity contribution is 4.79. The second-order valence-corrected chi connectivity index (χ2v) is 6.08. The van der Waals surface area contributed by atoms with E-state index in [4.69, 9.17) is 11.5 Å². The Kier molecular flexibility index (Phi) is 7.82. The quantitative estimate of drug-likeness (QED) is 0.515. The molecular formula is C14H32N4. The van der Waals surface area contributed by atoms with Crippen molar-refractivity contribution in [1.29, 1.82) is 0 Å². The Morgan fingerprint density at radius 3 is 1.61 bits per heavy atom. The summed E-state index contributed by atoms with van der Waals surface area (Å²) in [5, 5.41) is 7.01. The Balaban J connectivity index is 2.23. The van der Waals surface area contributed by atoms with Crippen LogP contribution in [-0.2, 0) is 0 Å². The molecule has 1 fully saturated rings. The van der Waals surface area contributed by atoms with Gasteiger partial charge in [0, 0.05) is 25.2 Å². The van der Waals surface area contributed by atoms with Gasteiger partial charge in [0.25, 0.3) is 0 Å². The summed E-state index contributed by atoms with van der Waals surface area (Å²) in [6.45, 7) is 8.19. The third-order valence-electron chi connectivity index (χ3n) is 3.81. The van der Waals surface area contributed by atoms with E-state index in [0.717, 1.165) is 38.0 Å². The smallest absolute Gasteiger partial charge is 0.0136 e. The molecule has 0 aromatic heterocycles. The molecule has 0 aliphatic heterocycles. The number of nitrogens with two attached hydrogens (primary N) is 2. The monoisotopic (exact) mass is 256 g/mol. The molecule has 0 amide bonds. The Morgan fingerprint density at radius 2 is 1.28 bits per heavy atom. The van der Waals surface area contributed by atoms with Crippen molar-refractivity contribution in [2.75, 3.05) is 26.2 Å². The van der Waals surface area contributed by atoms with Gasteiger partial charge in [0.15, 0.2) is 0 Å². The molecule has 1 saturated carbocycles. The molecule has 0 radical (unpaired) electrons. The lowest BCUT2D eigenvalue weighted by Crippen LogP contribution is -2.41. The molecule has 0 aromatic carbocycles. The Labute approximate surface area is 112 Å². The second-order valence-electron chi connectivity index (χ2n) is 6.08. The van der Waals surface area contributed by atoms with Crippen LogP contribution in [0.4, 0.5) is 0 Å². The van der Waals surface area contributed by atoms with Gasteiger partial charge in [0.05, 0.1) is 0 Å². The molecule has 1 rings (SSSR count). The number of nitrogens with one attached hydrogen (secondary N) is 2. The fourth-order valence-electron chi connectivity index (χ4n) is 2.81. The summed E-state index contributed by atoms with van der Waals surface area (Å²) in [6.07, 6.45) is 5.48. The van der Waals surface area contributed by atoms with Gasteiger partial charge in [-0.1, -0.05) is 12.8 Å². The maximum Gasteiger partial charge on any atom is 0.0136 e. The van der Waals surface area contributed by atoms with Crippen LogP contribution in [0.2, 0.25) is 0 Å². The van der Waals surface area contributed by atoms with Gasteiger partial charge in [-0.05, 0) is 51.6 Å². The lowest BCUT2D eigenvalue weighted by Gasteiger charge is -2.32. The van der Waals surface area contributed by atoms with Crippen molar-refractivity contribution in [2.45, 2.75) is 51.6 Å². The normalized spacial score (nSPS) is 28.0. The topological polar surface area (TPSA) is 76.1 Å². The van der Waals surface area contributed by atoms with E-state index in [2.05, 4.69) is 24.5 Å². The van der Waals surface area contributed by atoms with E-state index in [-0.39, 0.29) is 12.1 Å². The van der Waals surface area contributed by atoms with Gasteiger partial charge in [-0.2, -0.15) is 0 Å². The van der Waals surface area contributed by atoms with Crippen LogP contribution >= 0.6 is 0 Å². The molecule has 4 nitrogen and oxygen atoms in total. The van der Waals surface area contributed by atoms with E-state index in [1.807, 2.05) is 0 Å². The van der Waals surface area contributed by atoms with Crippen molar-refractivity contribution >= 4 is 0 Å². The first-order valence-electron chi connectivity index (χ1n) is 7.52. The maximum atomic E-state index is 5.77. The SMILES string of the molecule is CC(N)CNCC1CCCCC1CNCC(C)N. The summed E-state index contributed by atoms with van der Waals surface area (Å²) in [4.78, 5) is 0. The van der Waals surface area contributed by atoms with Gasteiger partial charge in [-0.15, -0.1) is 0 Å². The first-order chi connectivity index (χ1) is 8.59. The Bertz CT molecular complexity index is 184. The molecule has 1 aliphatic carbocycles. The van der Waals surface area contributed by atoms with Crippen LogP contribution in [0.25, 0.3) is 0 Å². The fraction of sp³-hybridized carbons (Fsp3) is 1.00. The summed E-state index contributed by atoms with van der Waals surface area (Å²) in [5.74, 6) is 1.61. The number of hydrogen-bond acceptors (Lipinski definition) is 4. The van der Waals surface area contributed by atoms with Crippen molar-refractivity contribution in [2.24, 2.45) is 23.3 Å². The lowest BCUT2D eigenvalue weighted by molar-refractivity contribution is 0.222. The highest BCUT2D eigenvalue weighted by atomic mass is 14.9. The summed E-state index contributed by atoms with van der Waals surface area (Å²) >= 11 is 0. The maximum absolute atomic E-state index is 5.77. The van der Waals surface area contributed by atoms with E-state index in [0.29, 0.717) is 0 Å². The minimum Gasteiger partial charge on any atom is -0.327 e.